The minimum Gasteiger partial charge on any atom is -0.302 e. The molecule has 0 saturated carbocycles. The topological polar surface area (TPSA) is 36.4 Å². The highest BCUT2D eigenvalue weighted by molar-refractivity contribution is 7.22. The van der Waals surface area contributed by atoms with Gasteiger partial charge in [-0.2, -0.15) is 0 Å². The van der Waals surface area contributed by atoms with Crippen LogP contribution in [0.25, 0.3) is 10.2 Å². The van der Waals surface area contributed by atoms with Crippen molar-refractivity contribution in [1.29, 1.82) is 0 Å². The minimum atomic E-state index is -0.403. The van der Waals surface area contributed by atoms with Crippen molar-refractivity contribution in [3.05, 3.63) is 95.0 Å². The van der Waals surface area contributed by atoms with Gasteiger partial charge in [-0.3, -0.25) is 9.69 Å². The highest BCUT2D eigenvalue weighted by Crippen LogP contribution is 2.34. The van der Waals surface area contributed by atoms with Crippen LogP contribution in [0, 0.1) is 0 Å². The number of benzene rings is 3. The first-order valence-corrected chi connectivity index (χ1v) is 12.5. The Balaban J connectivity index is 1.77. The molecule has 4 aromatic rings. The van der Waals surface area contributed by atoms with Crippen LogP contribution in [-0.2, 0) is 4.79 Å². The van der Waals surface area contributed by atoms with E-state index in [1.54, 1.807) is 0 Å². The molecule has 1 heterocycles. The van der Waals surface area contributed by atoms with E-state index in [0.717, 1.165) is 41.0 Å². The van der Waals surface area contributed by atoms with Crippen molar-refractivity contribution in [2.24, 2.45) is 0 Å². The zero-order valence-electron chi connectivity index (χ0n) is 18.9. The third-order valence-corrected chi connectivity index (χ3v) is 7.16. The number of aromatic nitrogens is 1. The lowest BCUT2D eigenvalue weighted by Gasteiger charge is -2.28. The Labute approximate surface area is 204 Å². The lowest BCUT2D eigenvalue weighted by Crippen LogP contribution is -2.41. The maximum absolute atomic E-state index is 14.2. The molecule has 0 bridgehead atoms. The van der Waals surface area contributed by atoms with Crippen LogP contribution in [0.1, 0.15) is 30.9 Å². The van der Waals surface area contributed by atoms with E-state index in [-0.39, 0.29) is 5.91 Å². The summed E-state index contributed by atoms with van der Waals surface area (Å²) in [5, 5.41) is 1.38. The summed E-state index contributed by atoms with van der Waals surface area (Å²) in [6.07, 6.45) is 0. The molecule has 0 aliphatic rings. The molecular weight excluding hydrogens is 450 g/mol. The highest BCUT2D eigenvalue weighted by atomic mass is 35.5. The summed E-state index contributed by atoms with van der Waals surface area (Å²) >= 11 is 7.73. The van der Waals surface area contributed by atoms with Gasteiger partial charge in [0, 0.05) is 18.1 Å². The monoisotopic (exact) mass is 477 g/mol. The molecule has 0 fully saturated rings. The fourth-order valence-corrected chi connectivity index (χ4v) is 5.28. The third kappa shape index (κ3) is 5.44. The number of nitrogens with zero attached hydrogens (tertiary/aromatic N) is 3. The van der Waals surface area contributed by atoms with Gasteiger partial charge in [0.1, 0.15) is 0 Å². The van der Waals surface area contributed by atoms with Crippen LogP contribution >= 0.6 is 22.9 Å². The van der Waals surface area contributed by atoms with Gasteiger partial charge in [-0.05, 0) is 42.4 Å². The van der Waals surface area contributed by atoms with E-state index < -0.39 is 5.92 Å². The Bertz CT molecular complexity index is 1150. The molecule has 0 unspecified atom stereocenters. The Morgan fingerprint density at radius 1 is 0.909 bits per heavy atom. The quantitative estimate of drug-likeness (QED) is 0.277. The number of amides is 1. The SMILES string of the molecule is CCN(CC)CCN(C(=O)C(c1ccccc1)c1ccccc1)c1nc2ccc(Cl)cc2s1. The molecule has 4 nitrogen and oxygen atoms in total. The third-order valence-electron chi connectivity index (χ3n) is 5.88. The van der Waals surface area contributed by atoms with Crippen LogP contribution in [0.5, 0.6) is 0 Å². The average molecular weight is 478 g/mol. The van der Waals surface area contributed by atoms with Gasteiger partial charge in [0.2, 0.25) is 5.91 Å². The highest BCUT2D eigenvalue weighted by Gasteiger charge is 2.30. The Kier molecular flexibility index (Phi) is 7.76. The number of hydrogen-bond donors (Lipinski definition) is 0. The number of carbonyl (C=O) groups is 1. The van der Waals surface area contributed by atoms with Gasteiger partial charge in [-0.25, -0.2) is 4.98 Å². The summed E-state index contributed by atoms with van der Waals surface area (Å²) < 4.78 is 0.981. The lowest BCUT2D eigenvalue weighted by molar-refractivity contribution is -0.119. The molecule has 4 rings (SSSR count). The number of likely N-dealkylation sites (N-methyl/N-ethyl adjacent to an activating group) is 1. The number of anilines is 1. The molecule has 0 spiro atoms. The second-order valence-electron chi connectivity index (χ2n) is 7.88. The molecule has 1 amide bonds. The molecule has 6 heteroatoms. The molecular formula is C27H28ClN3OS. The van der Waals surface area contributed by atoms with Crippen LogP contribution in [0.4, 0.5) is 5.13 Å². The van der Waals surface area contributed by atoms with E-state index >= 15 is 0 Å². The van der Waals surface area contributed by atoms with Gasteiger partial charge in [0.25, 0.3) is 0 Å². The van der Waals surface area contributed by atoms with Crippen LogP contribution < -0.4 is 4.90 Å². The number of thiazole rings is 1. The van der Waals surface area contributed by atoms with Crippen molar-refractivity contribution in [3.8, 4) is 0 Å². The number of fused-ring (bicyclic) bond motifs is 1. The van der Waals surface area contributed by atoms with Crippen molar-refractivity contribution in [2.75, 3.05) is 31.1 Å². The summed E-state index contributed by atoms with van der Waals surface area (Å²) in [4.78, 5) is 23.2. The summed E-state index contributed by atoms with van der Waals surface area (Å²) in [5.41, 5.74) is 2.81. The molecule has 170 valence electrons. The fourth-order valence-electron chi connectivity index (χ4n) is 4.01. The average Bonchev–Trinajstić information content (AvgIpc) is 3.26. The van der Waals surface area contributed by atoms with Gasteiger partial charge in [0.05, 0.1) is 16.1 Å². The Hall–Kier alpha value is -2.73. The number of rotatable bonds is 9. The molecule has 0 aliphatic heterocycles. The van der Waals surface area contributed by atoms with E-state index in [0.29, 0.717) is 16.7 Å². The first-order chi connectivity index (χ1) is 16.1. The van der Waals surface area contributed by atoms with Gasteiger partial charge in [0.15, 0.2) is 5.13 Å². The van der Waals surface area contributed by atoms with E-state index in [4.69, 9.17) is 16.6 Å². The van der Waals surface area contributed by atoms with Crippen molar-refractivity contribution < 1.29 is 4.79 Å². The first kappa shape index (κ1) is 23.4. The second-order valence-corrected chi connectivity index (χ2v) is 9.33. The van der Waals surface area contributed by atoms with E-state index in [9.17, 15) is 4.79 Å². The van der Waals surface area contributed by atoms with Crippen LogP contribution in [0.15, 0.2) is 78.9 Å². The maximum atomic E-state index is 14.2. The van der Waals surface area contributed by atoms with Crippen LogP contribution in [-0.4, -0.2) is 42.0 Å². The van der Waals surface area contributed by atoms with Crippen molar-refractivity contribution in [2.45, 2.75) is 19.8 Å². The molecule has 33 heavy (non-hydrogen) atoms. The van der Waals surface area contributed by atoms with E-state index in [1.807, 2.05) is 83.8 Å². The molecule has 0 saturated heterocycles. The standard InChI is InChI=1S/C27H28ClN3OS/c1-3-30(4-2)17-18-31(27-29-23-16-15-22(28)19-24(23)33-27)26(32)25(20-11-7-5-8-12-20)21-13-9-6-10-14-21/h5-16,19,25H,3-4,17-18H2,1-2H3. The summed E-state index contributed by atoms with van der Waals surface area (Å²) in [5.74, 6) is -0.371. The predicted octanol–water partition coefficient (Wildman–Crippen LogP) is 6.46. The lowest BCUT2D eigenvalue weighted by atomic mass is 9.90. The molecule has 0 N–H and O–H groups in total. The smallest absolute Gasteiger partial charge is 0.240 e. The number of hydrogen-bond acceptors (Lipinski definition) is 4. The second kappa shape index (κ2) is 10.9. The van der Waals surface area contributed by atoms with Crippen LogP contribution in [0.3, 0.4) is 0 Å². The molecule has 0 radical (unpaired) electrons. The fraction of sp³-hybridized carbons (Fsp3) is 0.259. The van der Waals surface area contributed by atoms with Gasteiger partial charge >= 0.3 is 0 Å². The number of halogens is 1. The Morgan fingerprint density at radius 3 is 2.09 bits per heavy atom. The molecule has 0 atom stereocenters. The molecule has 0 aliphatic carbocycles. The maximum Gasteiger partial charge on any atom is 0.240 e. The van der Waals surface area contributed by atoms with Crippen molar-refractivity contribution >= 4 is 44.2 Å². The predicted molar refractivity (Wildman–Crippen MR) is 139 cm³/mol. The zero-order chi connectivity index (χ0) is 23.2. The van der Waals surface area contributed by atoms with Gasteiger partial charge in [-0.15, -0.1) is 0 Å². The van der Waals surface area contributed by atoms with Crippen molar-refractivity contribution in [3.63, 3.8) is 0 Å². The minimum absolute atomic E-state index is 0.0321. The van der Waals surface area contributed by atoms with Gasteiger partial charge in [-0.1, -0.05) is 97.4 Å². The van der Waals surface area contributed by atoms with E-state index in [1.165, 1.54) is 11.3 Å². The van der Waals surface area contributed by atoms with Crippen LogP contribution in [0.2, 0.25) is 5.02 Å². The molecule has 3 aromatic carbocycles. The summed E-state index contributed by atoms with van der Waals surface area (Å²) in [6, 6.07) is 25.7. The van der Waals surface area contributed by atoms with E-state index in [2.05, 4.69) is 18.7 Å². The number of carbonyl (C=O) groups excluding carboxylic acids is 1. The normalized spacial score (nSPS) is 11.4. The zero-order valence-corrected chi connectivity index (χ0v) is 20.5. The Morgan fingerprint density at radius 2 is 1.52 bits per heavy atom. The van der Waals surface area contributed by atoms with Crippen molar-refractivity contribution in [1.82, 2.24) is 9.88 Å². The largest absolute Gasteiger partial charge is 0.302 e. The van der Waals surface area contributed by atoms with Gasteiger partial charge < -0.3 is 4.90 Å². The summed E-state index contributed by atoms with van der Waals surface area (Å²) in [6.45, 7) is 7.53. The summed E-state index contributed by atoms with van der Waals surface area (Å²) in [7, 11) is 0. The first-order valence-electron chi connectivity index (χ1n) is 11.3. The molecule has 1 aromatic heterocycles.